The van der Waals surface area contributed by atoms with Crippen LogP contribution in [-0.2, 0) is 13.0 Å². The van der Waals surface area contributed by atoms with Crippen LogP contribution in [0.15, 0.2) is 48.5 Å². The predicted octanol–water partition coefficient (Wildman–Crippen LogP) is 3.18. The first kappa shape index (κ1) is 19.9. The molecule has 4 heteroatoms. The highest BCUT2D eigenvalue weighted by molar-refractivity contribution is 5.28. The molecule has 2 aromatic rings. The number of ether oxygens (including phenoxy) is 1. The molecule has 27 heavy (non-hydrogen) atoms. The summed E-state index contributed by atoms with van der Waals surface area (Å²) >= 11 is 0. The standard InChI is InChI=1S/C23H31NO3/c1-19-5-2-3-6-21(19)15-23(18-26)11-4-12-24(17-23)16-20-7-9-22(10-8-20)27-14-13-25/h2-3,5-10,25-26H,4,11-18H2,1H3/t23-/m0/s1. The van der Waals surface area contributed by atoms with Crippen molar-refractivity contribution < 1.29 is 14.9 Å². The van der Waals surface area contributed by atoms with Crippen LogP contribution in [0.5, 0.6) is 5.75 Å². The SMILES string of the molecule is Cc1ccccc1C[C@@]1(CO)CCCN(Cc2ccc(OCCO)cc2)C1. The Bertz CT molecular complexity index is 716. The minimum absolute atomic E-state index is 0.0274. The fourth-order valence-electron chi connectivity index (χ4n) is 4.10. The van der Waals surface area contributed by atoms with Gasteiger partial charge in [0.25, 0.3) is 0 Å². The second kappa shape index (κ2) is 9.36. The number of nitrogens with zero attached hydrogens (tertiary/aromatic N) is 1. The van der Waals surface area contributed by atoms with Crippen LogP contribution >= 0.6 is 0 Å². The molecule has 4 nitrogen and oxygen atoms in total. The van der Waals surface area contributed by atoms with Crippen LogP contribution in [-0.4, -0.2) is 48.0 Å². The van der Waals surface area contributed by atoms with Crippen LogP contribution in [0.1, 0.15) is 29.5 Å². The lowest BCUT2D eigenvalue weighted by atomic mass is 9.75. The van der Waals surface area contributed by atoms with Gasteiger partial charge in [-0.25, -0.2) is 0 Å². The maximum absolute atomic E-state index is 10.2. The molecule has 1 aliphatic rings. The van der Waals surface area contributed by atoms with Gasteiger partial charge in [-0.2, -0.15) is 0 Å². The predicted molar refractivity (Wildman–Crippen MR) is 108 cm³/mol. The van der Waals surface area contributed by atoms with Crippen molar-refractivity contribution in [1.29, 1.82) is 0 Å². The molecule has 146 valence electrons. The molecule has 1 atom stereocenters. The number of piperidine rings is 1. The van der Waals surface area contributed by atoms with E-state index >= 15 is 0 Å². The summed E-state index contributed by atoms with van der Waals surface area (Å²) in [5.41, 5.74) is 3.84. The molecule has 0 bridgehead atoms. The van der Waals surface area contributed by atoms with Crippen molar-refractivity contribution in [3.8, 4) is 5.75 Å². The van der Waals surface area contributed by atoms with Crippen LogP contribution in [0, 0.1) is 12.3 Å². The van der Waals surface area contributed by atoms with Crippen molar-refractivity contribution in [1.82, 2.24) is 4.90 Å². The van der Waals surface area contributed by atoms with Gasteiger partial charge >= 0.3 is 0 Å². The topological polar surface area (TPSA) is 52.9 Å². The summed E-state index contributed by atoms with van der Waals surface area (Å²) < 4.78 is 5.43. The molecular weight excluding hydrogens is 338 g/mol. The van der Waals surface area contributed by atoms with Crippen molar-refractivity contribution in [2.45, 2.75) is 32.7 Å². The molecule has 1 heterocycles. The Morgan fingerprint density at radius 2 is 1.85 bits per heavy atom. The molecule has 3 rings (SSSR count). The number of benzene rings is 2. The van der Waals surface area contributed by atoms with Gasteiger partial charge in [0, 0.05) is 18.5 Å². The number of likely N-dealkylation sites (tertiary alicyclic amines) is 1. The van der Waals surface area contributed by atoms with Gasteiger partial charge in [0.15, 0.2) is 0 Å². The highest BCUT2D eigenvalue weighted by Gasteiger charge is 2.35. The number of aliphatic hydroxyl groups is 2. The lowest BCUT2D eigenvalue weighted by Crippen LogP contribution is -2.46. The smallest absolute Gasteiger partial charge is 0.119 e. The van der Waals surface area contributed by atoms with Crippen LogP contribution in [0.25, 0.3) is 0 Å². The largest absolute Gasteiger partial charge is 0.491 e. The van der Waals surface area contributed by atoms with E-state index in [9.17, 15) is 5.11 Å². The van der Waals surface area contributed by atoms with Gasteiger partial charge < -0.3 is 14.9 Å². The Balaban J connectivity index is 1.64. The summed E-state index contributed by atoms with van der Waals surface area (Å²) in [6.07, 6.45) is 3.12. The highest BCUT2D eigenvalue weighted by atomic mass is 16.5. The van der Waals surface area contributed by atoms with E-state index in [4.69, 9.17) is 9.84 Å². The Morgan fingerprint density at radius 3 is 2.56 bits per heavy atom. The summed E-state index contributed by atoms with van der Waals surface area (Å²) in [6, 6.07) is 16.6. The van der Waals surface area contributed by atoms with E-state index in [0.29, 0.717) is 6.61 Å². The van der Waals surface area contributed by atoms with Crippen LogP contribution in [0.4, 0.5) is 0 Å². The van der Waals surface area contributed by atoms with Crippen molar-refractivity contribution in [2.24, 2.45) is 5.41 Å². The number of aryl methyl sites for hydroxylation is 1. The van der Waals surface area contributed by atoms with E-state index in [1.54, 1.807) is 0 Å². The van der Waals surface area contributed by atoms with Gasteiger partial charge in [-0.05, 0) is 61.6 Å². The van der Waals surface area contributed by atoms with Gasteiger partial charge in [0.05, 0.1) is 13.2 Å². The number of hydrogen-bond donors (Lipinski definition) is 2. The highest BCUT2D eigenvalue weighted by Crippen LogP contribution is 2.34. The van der Waals surface area contributed by atoms with E-state index in [2.05, 4.69) is 48.2 Å². The van der Waals surface area contributed by atoms with Crippen LogP contribution < -0.4 is 4.74 Å². The molecule has 1 fully saturated rings. The Morgan fingerprint density at radius 1 is 1.07 bits per heavy atom. The van der Waals surface area contributed by atoms with Gasteiger partial charge in [-0.15, -0.1) is 0 Å². The summed E-state index contributed by atoms with van der Waals surface area (Å²) in [7, 11) is 0. The third-order valence-electron chi connectivity index (χ3n) is 5.59. The molecule has 2 N–H and O–H groups in total. The monoisotopic (exact) mass is 369 g/mol. The average Bonchev–Trinajstić information content (AvgIpc) is 2.69. The molecule has 0 aromatic heterocycles. The lowest BCUT2D eigenvalue weighted by Gasteiger charge is -2.42. The zero-order valence-electron chi connectivity index (χ0n) is 16.2. The van der Waals surface area contributed by atoms with Crippen molar-refractivity contribution in [3.05, 3.63) is 65.2 Å². The molecule has 0 spiro atoms. The molecule has 2 aromatic carbocycles. The molecular formula is C23H31NO3. The molecule has 0 radical (unpaired) electrons. The second-order valence-electron chi connectivity index (χ2n) is 7.79. The van der Waals surface area contributed by atoms with Gasteiger partial charge in [0.1, 0.15) is 12.4 Å². The van der Waals surface area contributed by atoms with Crippen molar-refractivity contribution in [3.63, 3.8) is 0 Å². The summed E-state index contributed by atoms with van der Waals surface area (Å²) in [5, 5.41) is 19.1. The Kier molecular flexibility index (Phi) is 6.89. The number of rotatable bonds is 8. The Labute approximate surface area is 162 Å². The molecule has 0 saturated carbocycles. The molecule has 1 saturated heterocycles. The van der Waals surface area contributed by atoms with Gasteiger partial charge in [-0.1, -0.05) is 36.4 Å². The third-order valence-corrected chi connectivity index (χ3v) is 5.59. The third kappa shape index (κ3) is 5.32. The van der Waals surface area contributed by atoms with Crippen LogP contribution in [0.3, 0.4) is 0 Å². The first-order valence-corrected chi connectivity index (χ1v) is 9.84. The maximum atomic E-state index is 10.2. The summed E-state index contributed by atoms with van der Waals surface area (Å²) in [4.78, 5) is 2.46. The first-order chi connectivity index (χ1) is 13.1. The minimum atomic E-state index is -0.0610. The Hall–Kier alpha value is -1.88. The van der Waals surface area contributed by atoms with E-state index in [1.165, 1.54) is 16.7 Å². The minimum Gasteiger partial charge on any atom is -0.491 e. The van der Waals surface area contributed by atoms with Crippen LogP contribution in [0.2, 0.25) is 0 Å². The van der Waals surface area contributed by atoms with Crippen molar-refractivity contribution in [2.75, 3.05) is 32.9 Å². The average molecular weight is 370 g/mol. The molecule has 0 amide bonds. The van der Waals surface area contributed by atoms with E-state index in [1.807, 2.05) is 12.1 Å². The van der Waals surface area contributed by atoms with E-state index in [-0.39, 0.29) is 18.6 Å². The quantitative estimate of drug-likeness (QED) is 0.750. The normalized spacial score (nSPS) is 20.6. The molecule has 1 aliphatic heterocycles. The zero-order valence-corrected chi connectivity index (χ0v) is 16.2. The maximum Gasteiger partial charge on any atom is 0.119 e. The number of hydrogen-bond acceptors (Lipinski definition) is 4. The van der Waals surface area contributed by atoms with Crippen molar-refractivity contribution >= 4 is 0 Å². The first-order valence-electron chi connectivity index (χ1n) is 9.84. The van der Waals surface area contributed by atoms with Gasteiger partial charge in [-0.3, -0.25) is 4.90 Å². The van der Waals surface area contributed by atoms with Gasteiger partial charge in [0.2, 0.25) is 0 Å². The zero-order chi connectivity index (χ0) is 19.1. The molecule has 0 aliphatic carbocycles. The number of aliphatic hydroxyl groups excluding tert-OH is 2. The summed E-state index contributed by atoms with van der Waals surface area (Å²) in [5.74, 6) is 0.788. The fraction of sp³-hybridized carbons (Fsp3) is 0.478. The summed E-state index contributed by atoms with van der Waals surface area (Å²) in [6.45, 7) is 5.60. The molecule has 0 unspecified atom stereocenters. The van der Waals surface area contributed by atoms with E-state index in [0.717, 1.165) is 44.6 Å². The second-order valence-corrected chi connectivity index (χ2v) is 7.79. The fourth-order valence-corrected chi connectivity index (χ4v) is 4.10. The van der Waals surface area contributed by atoms with E-state index < -0.39 is 0 Å². The lowest BCUT2D eigenvalue weighted by molar-refractivity contribution is 0.0287.